The number of nitrogens with one attached hydrogen (secondary N) is 1. The van der Waals surface area contributed by atoms with Crippen LogP contribution >= 0.6 is 0 Å². The molecular formula is C20H19N3O8S. The minimum absolute atomic E-state index is 0.0189. The molecule has 11 nitrogen and oxygen atoms in total. The van der Waals surface area contributed by atoms with Gasteiger partial charge in [-0.25, -0.2) is 13.2 Å². The lowest BCUT2D eigenvalue weighted by molar-refractivity contribution is -0.387. The number of sulfone groups is 1. The van der Waals surface area contributed by atoms with Gasteiger partial charge in [-0.1, -0.05) is 18.2 Å². The first kappa shape index (κ1) is 22.9. The quantitative estimate of drug-likeness (QED) is 0.334. The third-order valence-corrected chi connectivity index (χ3v) is 6.54. The van der Waals surface area contributed by atoms with Crippen LogP contribution in [0.3, 0.4) is 0 Å². The van der Waals surface area contributed by atoms with Crippen LogP contribution in [0.15, 0.2) is 69.6 Å². The van der Waals surface area contributed by atoms with Gasteiger partial charge in [0.1, 0.15) is 10.6 Å². The van der Waals surface area contributed by atoms with Gasteiger partial charge in [0, 0.05) is 18.3 Å². The second kappa shape index (κ2) is 9.16. The Labute approximate surface area is 183 Å². The van der Waals surface area contributed by atoms with Crippen LogP contribution in [0.2, 0.25) is 0 Å². The van der Waals surface area contributed by atoms with Gasteiger partial charge in [-0.2, -0.15) is 0 Å². The molecule has 0 spiro atoms. The first-order valence-corrected chi connectivity index (χ1v) is 10.8. The van der Waals surface area contributed by atoms with Crippen molar-refractivity contribution in [2.24, 2.45) is 0 Å². The summed E-state index contributed by atoms with van der Waals surface area (Å²) >= 11 is 0. The predicted octanol–water partition coefficient (Wildman–Crippen LogP) is 1.10. The van der Waals surface area contributed by atoms with Crippen molar-refractivity contribution in [2.45, 2.75) is 9.79 Å². The van der Waals surface area contributed by atoms with E-state index in [1.54, 1.807) is 6.07 Å². The number of hydrogen-bond donors (Lipinski definition) is 2. The molecule has 0 atom stereocenters. The molecule has 32 heavy (non-hydrogen) atoms. The molecular weight excluding hydrogens is 442 g/mol. The number of nitro benzene ring substituents is 1. The first-order chi connectivity index (χ1) is 15.2. The summed E-state index contributed by atoms with van der Waals surface area (Å²) in [6, 6.07) is 10.6. The first-order valence-electron chi connectivity index (χ1n) is 9.28. The fourth-order valence-electron chi connectivity index (χ4n) is 3.18. The van der Waals surface area contributed by atoms with Crippen molar-refractivity contribution in [3.8, 4) is 0 Å². The van der Waals surface area contributed by atoms with E-state index in [2.05, 4.69) is 10.1 Å². The Morgan fingerprint density at radius 2 is 1.94 bits per heavy atom. The van der Waals surface area contributed by atoms with Crippen molar-refractivity contribution in [3.05, 3.63) is 69.9 Å². The van der Waals surface area contributed by atoms with E-state index in [-0.39, 0.29) is 41.5 Å². The summed E-state index contributed by atoms with van der Waals surface area (Å²) in [6.45, 7) is -0.471. The number of carbonyl (C=O) groups excluding carboxylic acids is 2. The number of ether oxygens (including phenoxy) is 1. The van der Waals surface area contributed by atoms with Gasteiger partial charge in [0.15, 0.2) is 0 Å². The minimum atomic E-state index is -4.17. The van der Waals surface area contributed by atoms with E-state index in [1.807, 2.05) is 0 Å². The zero-order chi connectivity index (χ0) is 23.5. The van der Waals surface area contributed by atoms with Crippen molar-refractivity contribution < 1.29 is 32.8 Å². The van der Waals surface area contributed by atoms with E-state index < -0.39 is 37.2 Å². The Hall–Kier alpha value is -3.77. The number of nitrogens with zero attached hydrogens (tertiary/aromatic N) is 2. The number of β-amino-alcohol motifs (C(OH)–C–C–N with tert-alkyl or cyclic N) is 1. The SMILES string of the molecule is COC(=O)C1=C(Nc2ccc(S(=O)(=O)c3ccccc3)c([N+](=O)[O-])c2)C(=O)N(CCO)C1. The Morgan fingerprint density at radius 3 is 2.53 bits per heavy atom. The molecule has 1 heterocycles. The van der Waals surface area contributed by atoms with Gasteiger partial charge >= 0.3 is 5.97 Å². The number of carbonyl (C=O) groups is 2. The maximum Gasteiger partial charge on any atom is 0.337 e. The molecule has 1 aliphatic heterocycles. The molecule has 0 aliphatic carbocycles. The molecule has 0 aromatic heterocycles. The van der Waals surface area contributed by atoms with Crippen LogP contribution in [0.1, 0.15) is 0 Å². The summed E-state index contributed by atoms with van der Waals surface area (Å²) < 4.78 is 30.5. The number of rotatable bonds is 8. The summed E-state index contributed by atoms with van der Waals surface area (Å²) in [5.41, 5.74) is -0.858. The summed E-state index contributed by atoms with van der Waals surface area (Å²) in [7, 11) is -3.03. The number of aliphatic hydroxyl groups is 1. The number of anilines is 1. The van der Waals surface area contributed by atoms with Gasteiger partial charge in [-0.3, -0.25) is 14.9 Å². The molecule has 1 aliphatic rings. The molecule has 2 aromatic carbocycles. The highest BCUT2D eigenvalue weighted by Gasteiger charge is 2.35. The van der Waals surface area contributed by atoms with E-state index in [0.29, 0.717) is 0 Å². The number of nitro groups is 1. The number of methoxy groups -OCH3 is 1. The van der Waals surface area contributed by atoms with Gasteiger partial charge in [0.25, 0.3) is 11.6 Å². The van der Waals surface area contributed by atoms with Crippen LogP contribution in [0, 0.1) is 10.1 Å². The van der Waals surface area contributed by atoms with Crippen LogP contribution in [-0.2, 0) is 24.2 Å². The fourth-order valence-corrected chi connectivity index (χ4v) is 4.61. The second-order valence-corrected chi connectivity index (χ2v) is 8.59. The van der Waals surface area contributed by atoms with Gasteiger partial charge < -0.3 is 20.1 Å². The lowest BCUT2D eigenvalue weighted by Gasteiger charge is -2.15. The molecule has 2 N–H and O–H groups in total. The molecule has 0 saturated carbocycles. The Balaban J connectivity index is 2.03. The summed E-state index contributed by atoms with van der Waals surface area (Å²) in [5.74, 6) is -1.39. The van der Waals surface area contributed by atoms with Crippen LogP contribution in [0.25, 0.3) is 0 Å². The number of hydrogen-bond acceptors (Lipinski definition) is 9. The predicted molar refractivity (Wildman–Crippen MR) is 111 cm³/mol. The molecule has 0 radical (unpaired) electrons. The molecule has 168 valence electrons. The third kappa shape index (κ3) is 4.31. The highest BCUT2D eigenvalue weighted by Crippen LogP contribution is 2.33. The fraction of sp³-hybridized carbons (Fsp3) is 0.200. The van der Waals surface area contributed by atoms with Crippen molar-refractivity contribution in [1.29, 1.82) is 0 Å². The van der Waals surface area contributed by atoms with Crippen molar-refractivity contribution in [2.75, 3.05) is 32.1 Å². The van der Waals surface area contributed by atoms with Gasteiger partial charge in [0.05, 0.1) is 35.7 Å². The average molecular weight is 461 g/mol. The molecule has 0 saturated heterocycles. The molecule has 0 unspecified atom stereocenters. The Bertz CT molecular complexity index is 1210. The lowest BCUT2D eigenvalue weighted by Crippen LogP contribution is -2.31. The molecule has 3 rings (SSSR count). The number of amides is 1. The average Bonchev–Trinajstić information content (AvgIpc) is 3.09. The van der Waals surface area contributed by atoms with Crippen LogP contribution in [0.5, 0.6) is 0 Å². The zero-order valence-corrected chi connectivity index (χ0v) is 17.7. The largest absolute Gasteiger partial charge is 0.466 e. The molecule has 12 heteroatoms. The third-order valence-electron chi connectivity index (χ3n) is 4.72. The zero-order valence-electron chi connectivity index (χ0n) is 16.8. The summed E-state index contributed by atoms with van der Waals surface area (Å²) in [6.07, 6.45) is 0. The standard InChI is InChI=1S/C20H19N3O8S/c1-31-20(26)15-12-22(9-10-24)19(25)18(15)21-13-7-8-17(16(11-13)23(27)28)32(29,30)14-5-3-2-4-6-14/h2-8,11,21,24H,9-10,12H2,1H3. The second-order valence-electron chi connectivity index (χ2n) is 6.68. The molecule has 1 amide bonds. The maximum absolute atomic E-state index is 12.9. The van der Waals surface area contributed by atoms with E-state index in [1.165, 1.54) is 35.2 Å². The monoisotopic (exact) mass is 461 g/mol. The van der Waals surface area contributed by atoms with E-state index in [0.717, 1.165) is 19.2 Å². The lowest BCUT2D eigenvalue weighted by atomic mass is 10.2. The summed E-state index contributed by atoms with van der Waals surface area (Å²) in [5, 5.41) is 23.4. The molecule has 2 aromatic rings. The maximum atomic E-state index is 12.9. The summed E-state index contributed by atoms with van der Waals surface area (Å²) in [4.78, 5) is 36.1. The highest BCUT2D eigenvalue weighted by molar-refractivity contribution is 7.91. The Morgan fingerprint density at radius 1 is 1.25 bits per heavy atom. The van der Waals surface area contributed by atoms with E-state index in [4.69, 9.17) is 5.11 Å². The van der Waals surface area contributed by atoms with Crippen molar-refractivity contribution in [3.63, 3.8) is 0 Å². The smallest absolute Gasteiger partial charge is 0.337 e. The Kier molecular flexibility index (Phi) is 6.55. The van der Waals surface area contributed by atoms with Crippen molar-refractivity contribution in [1.82, 2.24) is 4.90 Å². The van der Waals surface area contributed by atoms with Crippen molar-refractivity contribution >= 4 is 33.1 Å². The number of benzene rings is 2. The van der Waals surface area contributed by atoms with E-state index in [9.17, 15) is 28.1 Å². The topological polar surface area (TPSA) is 156 Å². The minimum Gasteiger partial charge on any atom is -0.466 e. The van der Waals surface area contributed by atoms with Gasteiger partial charge in [-0.05, 0) is 24.3 Å². The molecule has 0 fully saturated rings. The van der Waals surface area contributed by atoms with Gasteiger partial charge in [-0.15, -0.1) is 0 Å². The number of aliphatic hydroxyl groups excluding tert-OH is 1. The van der Waals surface area contributed by atoms with Gasteiger partial charge in [0.2, 0.25) is 9.84 Å². The number of esters is 1. The van der Waals surface area contributed by atoms with Crippen LogP contribution in [-0.4, -0.2) is 62.0 Å². The molecule has 0 bridgehead atoms. The highest BCUT2D eigenvalue weighted by atomic mass is 32.2. The van der Waals surface area contributed by atoms with Crippen LogP contribution < -0.4 is 5.32 Å². The van der Waals surface area contributed by atoms with E-state index >= 15 is 0 Å². The normalized spacial score (nSPS) is 13.9. The van der Waals surface area contributed by atoms with Crippen LogP contribution in [0.4, 0.5) is 11.4 Å².